The van der Waals surface area contributed by atoms with Gasteiger partial charge in [-0.15, -0.1) is 0 Å². The summed E-state index contributed by atoms with van der Waals surface area (Å²) >= 11 is 0. The Hall–Kier alpha value is -2.91. The van der Waals surface area contributed by atoms with Crippen LogP contribution in [0.15, 0.2) is 72.8 Å². The number of hydrogen-bond donors (Lipinski definition) is 2. The van der Waals surface area contributed by atoms with Crippen molar-refractivity contribution in [2.75, 3.05) is 0 Å². The van der Waals surface area contributed by atoms with E-state index in [1.54, 1.807) is 6.92 Å². The Morgan fingerprint density at radius 3 is 1.92 bits per heavy atom. The molecule has 0 fully saturated rings. The second-order valence-corrected chi connectivity index (χ2v) is 5.91. The highest BCUT2D eigenvalue weighted by Crippen LogP contribution is 2.34. The van der Waals surface area contributed by atoms with Crippen LogP contribution >= 0.6 is 0 Å². The van der Waals surface area contributed by atoms with E-state index in [0.29, 0.717) is 5.82 Å². The van der Waals surface area contributed by atoms with Crippen molar-refractivity contribution in [3.05, 3.63) is 78.6 Å². The molecule has 1 heterocycles. The van der Waals surface area contributed by atoms with E-state index in [2.05, 4.69) is 46.4 Å². The van der Waals surface area contributed by atoms with Crippen LogP contribution in [-0.4, -0.2) is 15.1 Å². The summed E-state index contributed by atoms with van der Waals surface area (Å²) in [5, 5.41) is 9.95. The first-order chi connectivity index (χ1) is 11.7. The molecule has 0 bridgehead atoms. The zero-order valence-corrected chi connectivity index (χ0v) is 13.4. The topological polar surface area (TPSA) is 48.9 Å². The second kappa shape index (κ2) is 5.95. The fourth-order valence-electron chi connectivity index (χ4n) is 3.02. The number of benzene rings is 3. The molecule has 0 aliphatic heterocycles. The highest BCUT2D eigenvalue weighted by atomic mass is 16.3. The van der Waals surface area contributed by atoms with Gasteiger partial charge in [-0.2, -0.15) is 0 Å². The van der Waals surface area contributed by atoms with Crippen LogP contribution in [0.2, 0.25) is 0 Å². The number of aliphatic hydroxyl groups excluding tert-OH is 1. The average molecular weight is 314 g/mol. The van der Waals surface area contributed by atoms with E-state index in [1.807, 2.05) is 36.4 Å². The van der Waals surface area contributed by atoms with Gasteiger partial charge in [-0.05, 0) is 18.1 Å². The van der Waals surface area contributed by atoms with E-state index in [4.69, 9.17) is 0 Å². The normalized spacial score (nSPS) is 12.4. The molecule has 0 amide bonds. The summed E-state index contributed by atoms with van der Waals surface area (Å²) in [6.45, 7) is 1.72. The van der Waals surface area contributed by atoms with Gasteiger partial charge in [0.1, 0.15) is 11.9 Å². The summed E-state index contributed by atoms with van der Waals surface area (Å²) in [5.74, 6) is 0.588. The molecule has 4 aromatic rings. The Morgan fingerprint density at radius 1 is 0.792 bits per heavy atom. The maximum Gasteiger partial charge on any atom is 0.135 e. The Balaban J connectivity index is 2.01. The predicted molar refractivity (Wildman–Crippen MR) is 97.6 cm³/mol. The lowest BCUT2D eigenvalue weighted by atomic mass is 9.98. The third-order valence-electron chi connectivity index (χ3n) is 4.23. The van der Waals surface area contributed by atoms with Gasteiger partial charge in [0.25, 0.3) is 0 Å². The molecule has 118 valence electrons. The standard InChI is InChI=1S/C21H18N2O/c1-14(24)21-22-19-17(15-8-4-2-5-9-15)12-13-18(20(19)23-21)16-10-6-3-7-11-16/h2-14,24H,1H3,(H,22,23). The third kappa shape index (κ3) is 2.49. The lowest BCUT2D eigenvalue weighted by molar-refractivity contribution is 0.190. The summed E-state index contributed by atoms with van der Waals surface area (Å²) in [6, 6.07) is 24.6. The Kier molecular flexibility index (Phi) is 3.63. The SMILES string of the molecule is CC(O)c1nc2c(-c3ccccc3)ccc(-c3ccccc3)c2[nH]1. The number of aliphatic hydroxyl groups is 1. The minimum absolute atomic E-state index is 0.588. The zero-order chi connectivity index (χ0) is 16.5. The Morgan fingerprint density at radius 2 is 1.33 bits per heavy atom. The first-order valence-electron chi connectivity index (χ1n) is 8.05. The van der Waals surface area contributed by atoms with Crippen LogP contribution in [0.4, 0.5) is 0 Å². The molecule has 3 heteroatoms. The number of H-pyrrole nitrogens is 1. The molecule has 0 aliphatic carbocycles. The molecule has 1 unspecified atom stereocenters. The van der Waals surface area contributed by atoms with Gasteiger partial charge >= 0.3 is 0 Å². The maximum atomic E-state index is 9.95. The van der Waals surface area contributed by atoms with Crippen molar-refractivity contribution in [2.24, 2.45) is 0 Å². The first kappa shape index (κ1) is 14.7. The van der Waals surface area contributed by atoms with Crippen molar-refractivity contribution < 1.29 is 5.11 Å². The van der Waals surface area contributed by atoms with E-state index >= 15 is 0 Å². The number of rotatable bonds is 3. The van der Waals surface area contributed by atoms with Crippen molar-refractivity contribution in [1.29, 1.82) is 0 Å². The number of hydrogen-bond acceptors (Lipinski definition) is 2. The quantitative estimate of drug-likeness (QED) is 0.562. The van der Waals surface area contributed by atoms with Gasteiger partial charge < -0.3 is 10.1 Å². The molecule has 1 atom stereocenters. The molecular weight excluding hydrogens is 296 g/mol. The van der Waals surface area contributed by atoms with Crippen LogP contribution in [0, 0.1) is 0 Å². The van der Waals surface area contributed by atoms with Crippen LogP contribution < -0.4 is 0 Å². The predicted octanol–water partition coefficient (Wildman–Crippen LogP) is 4.95. The van der Waals surface area contributed by atoms with Crippen molar-refractivity contribution in [3.63, 3.8) is 0 Å². The molecule has 0 saturated carbocycles. The van der Waals surface area contributed by atoms with E-state index in [9.17, 15) is 5.11 Å². The van der Waals surface area contributed by atoms with E-state index < -0.39 is 6.10 Å². The van der Waals surface area contributed by atoms with E-state index in [0.717, 1.165) is 33.3 Å². The third-order valence-corrected chi connectivity index (χ3v) is 4.23. The fraction of sp³-hybridized carbons (Fsp3) is 0.0952. The monoisotopic (exact) mass is 314 g/mol. The second-order valence-electron chi connectivity index (χ2n) is 5.91. The molecule has 0 saturated heterocycles. The Labute approximate surface area is 140 Å². The number of fused-ring (bicyclic) bond motifs is 1. The maximum absolute atomic E-state index is 9.95. The van der Waals surface area contributed by atoms with Crippen molar-refractivity contribution >= 4 is 11.0 Å². The van der Waals surface area contributed by atoms with E-state index in [-0.39, 0.29) is 0 Å². The molecule has 3 aromatic carbocycles. The van der Waals surface area contributed by atoms with Crippen LogP contribution in [-0.2, 0) is 0 Å². The van der Waals surface area contributed by atoms with Gasteiger partial charge in [0.05, 0.1) is 11.0 Å². The summed E-state index contributed by atoms with van der Waals surface area (Å²) in [5.41, 5.74) is 6.24. The molecule has 0 aliphatic rings. The molecule has 2 N–H and O–H groups in total. The smallest absolute Gasteiger partial charge is 0.135 e. The number of aromatic nitrogens is 2. The molecular formula is C21H18N2O. The molecule has 0 radical (unpaired) electrons. The van der Waals surface area contributed by atoms with Crippen LogP contribution in [0.25, 0.3) is 33.3 Å². The average Bonchev–Trinajstić information content (AvgIpc) is 3.08. The molecule has 3 nitrogen and oxygen atoms in total. The van der Waals surface area contributed by atoms with E-state index in [1.165, 1.54) is 0 Å². The first-order valence-corrected chi connectivity index (χ1v) is 8.05. The van der Waals surface area contributed by atoms with Gasteiger partial charge in [-0.1, -0.05) is 72.8 Å². The fourth-order valence-corrected chi connectivity index (χ4v) is 3.02. The number of imidazole rings is 1. The molecule has 0 spiro atoms. The molecule has 1 aromatic heterocycles. The van der Waals surface area contributed by atoms with Crippen molar-refractivity contribution in [2.45, 2.75) is 13.0 Å². The summed E-state index contributed by atoms with van der Waals surface area (Å²) in [7, 11) is 0. The van der Waals surface area contributed by atoms with Crippen LogP contribution in [0.1, 0.15) is 18.9 Å². The van der Waals surface area contributed by atoms with Crippen LogP contribution in [0.5, 0.6) is 0 Å². The summed E-state index contributed by atoms with van der Waals surface area (Å²) in [4.78, 5) is 7.98. The van der Waals surface area contributed by atoms with Gasteiger partial charge in [0.2, 0.25) is 0 Å². The number of aromatic amines is 1. The summed E-state index contributed by atoms with van der Waals surface area (Å²) < 4.78 is 0. The highest BCUT2D eigenvalue weighted by Gasteiger charge is 2.15. The lowest BCUT2D eigenvalue weighted by Crippen LogP contribution is -1.92. The largest absolute Gasteiger partial charge is 0.385 e. The van der Waals surface area contributed by atoms with Gasteiger partial charge in [-0.25, -0.2) is 4.98 Å². The molecule has 24 heavy (non-hydrogen) atoms. The summed E-state index contributed by atoms with van der Waals surface area (Å²) in [6.07, 6.45) is -0.635. The van der Waals surface area contributed by atoms with Gasteiger partial charge in [-0.3, -0.25) is 0 Å². The molecule has 4 rings (SSSR count). The zero-order valence-electron chi connectivity index (χ0n) is 13.4. The minimum Gasteiger partial charge on any atom is -0.385 e. The van der Waals surface area contributed by atoms with Crippen molar-refractivity contribution in [3.8, 4) is 22.3 Å². The Bertz CT molecular complexity index is 896. The van der Waals surface area contributed by atoms with Crippen molar-refractivity contribution in [1.82, 2.24) is 9.97 Å². The van der Waals surface area contributed by atoms with Crippen LogP contribution in [0.3, 0.4) is 0 Å². The number of nitrogens with zero attached hydrogens (tertiary/aromatic N) is 1. The van der Waals surface area contributed by atoms with Gasteiger partial charge in [0, 0.05) is 11.1 Å². The minimum atomic E-state index is -0.635. The lowest BCUT2D eigenvalue weighted by Gasteiger charge is -2.07. The van der Waals surface area contributed by atoms with Gasteiger partial charge in [0.15, 0.2) is 0 Å². The highest BCUT2D eigenvalue weighted by molar-refractivity contribution is 6.00. The number of nitrogens with one attached hydrogen (secondary N) is 1.